The molecule has 0 spiro atoms. The molecule has 0 saturated carbocycles. The zero-order valence-electron chi connectivity index (χ0n) is 14.9. The number of alkyl halides is 3. The maximum atomic E-state index is 12.4. The second-order valence-corrected chi connectivity index (χ2v) is 6.04. The summed E-state index contributed by atoms with van der Waals surface area (Å²) in [6.07, 6.45) is -3.96. The fraction of sp³-hybridized carbons (Fsp3) is 0.412. The molecule has 0 aliphatic rings. The Balaban J connectivity index is 1.59. The van der Waals surface area contributed by atoms with Crippen LogP contribution in [0.3, 0.4) is 0 Å². The number of nitrogens with zero attached hydrogens (tertiary/aromatic N) is 4. The first-order valence-electron chi connectivity index (χ1n) is 8.18. The Bertz CT molecular complexity index is 911. The van der Waals surface area contributed by atoms with Gasteiger partial charge in [-0.1, -0.05) is 10.3 Å². The highest BCUT2D eigenvalue weighted by molar-refractivity contribution is 5.60. The molecule has 1 aromatic carbocycles. The van der Waals surface area contributed by atoms with Crippen molar-refractivity contribution in [3.05, 3.63) is 40.9 Å². The predicted octanol–water partition coefficient (Wildman–Crippen LogP) is 4.08. The largest absolute Gasteiger partial charge is 0.493 e. The molecule has 0 radical (unpaired) electrons. The third-order valence-corrected chi connectivity index (χ3v) is 3.75. The van der Waals surface area contributed by atoms with Crippen molar-refractivity contribution in [3.8, 4) is 17.1 Å². The molecule has 3 aromatic rings. The third kappa shape index (κ3) is 4.44. The van der Waals surface area contributed by atoms with Crippen LogP contribution in [0.25, 0.3) is 11.4 Å². The lowest BCUT2D eigenvalue weighted by atomic mass is 10.1. The van der Waals surface area contributed by atoms with Crippen LogP contribution in [-0.2, 0) is 12.6 Å². The summed E-state index contributed by atoms with van der Waals surface area (Å²) in [7, 11) is 0. The molecule has 0 amide bonds. The summed E-state index contributed by atoms with van der Waals surface area (Å²) in [5.74, 6) is 0.362. The first kappa shape index (κ1) is 18.9. The zero-order valence-corrected chi connectivity index (χ0v) is 14.9. The predicted molar refractivity (Wildman–Crippen MR) is 87.1 cm³/mol. The maximum Gasteiger partial charge on any atom is 0.471 e. The molecule has 2 aromatic heterocycles. The van der Waals surface area contributed by atoms with E-state index in [1.807, 2.05) is 26.0 Å². The Hall–Kier alpha value is -2.91. The molecule has 0 aliphatic carbocycles. The third-order valence-electron chi connectivity index (χ3n) is 3.75. The minimum Gasteiger partial charge on any atom is -0.493 e. The standard InChI is InChI=1S/C17H17F3N4O3/c1-9-7-12(15-21-11(3)26-24-15)8-10(2)14(9)25-6-4-5-13-22-16(27-23-13)17(18,19)20/h7-8H,4-6H2,1-3H3. The highest BCUT2D eigenvalue weighted by Crippen LogP contribution is 2.29. The van der Waals surface area contributed by atoms with Crippen molar-refractivity contribution in [3.63, 3.8) is 0 Å². The lowest BCUT2D eigenvalue weighted by Gasteiger charge is -2.13. The quantitative estimate of drug-likeness (QED) is 0.594. The minimum atomic E-state index is -4.63. The fourth-order valence-electron chi connectivity index (χ4n) is 2.60. The molecule has 0 bridgehead atoms. The van der Waals surface area contributed by atoms with E-state index in [0.29, 0.717) is 30.5 Å². The summed E-state index contributed by atoms with van der Waals surface area (Å²) in [5, 5.41) is 7.22. The highest BCUT2D eigenvalue weighted by atomic mass is 19.4. The van der Waals surface area contributed by atoms with Crippen molar-refractivity contribution in [2.24, 2.45) is 0 Å². The van der Waals surface area contributed by atoms with Crippen LogP contribution in [0, 0.1) is 20.8 Å². The molecule has 0 fully saturated rings. The second kappa shape index (κ2) is 7.37. The van der Waals surface area contributed by atoms with Crippen molar-refractivity contribution >= 4 is 0 Å². The normalized spacial score (nSPS) is 11.8. The van der Waals surface area contributed by atoms with Gasteiger partial charge in [0.05, 0.1) is 6.61 Å². The van der Waals surface area contributed by atoms with Gasteiger partial charge >= 0.3 is 12.1 Å². The van der Waals surface area contributed by atoms with E-state index in [9.17, 15) is 13.2 Å². The van der Waals surface area contributed by atoms with Gasteiger partial charge in [-0.05, 0) is 43.5 Å². The molecule has 10 heteroatoms. The van der Waals surface area contributed by atoms with Crippen LogP contribution in [-0.4, -0.2) is 26.9 Å². The topological polar surface area (TPSA) is 87.1 Å². The summed E-state index contributed by atoms with van der Waals surface area (Å²) in [6.45, 7) is 5.81. The number of hydrogen-bond donors (Lipinski definition) is 0. The van der Waals surface area contributed by atoms with Crippen LogP contribution < -0.4 is 4.74 Å². The number of rotatable bonds is 6. The van der Waals surface area contributed by atoms with Crippen LogP contribution in [0.15, 0.2) is 21.2 Å². The van der Waals surface area contributed by atoms with Crippen molar-refractivity contribution in [2.75, 3.05) is 6.61 Å². The Kier molecular flexibility index (Phi) is 5.15. The van der Waals surface area contributed by atoms with E-state index in [0.717, 1.165) is 16.7 Å². The Morgan fingerprint density at radius 2 is 1.70 bits per heavy atom. The average Bonchev–Trinajstić information content (AvgIpc) is 3.22. The lowest BCUT2D eigenvalue weighted by Crippen LogP contribution is -2.06. The van der Waals surface area contributed by atoms with Gasteiger partial charge in [0.25, 0.3) is 0 Å². The SMILES string of the molecule is Cc1nc(-c2cc(C)c(OCCCc3noc(C(F)(F)F)n3)c(C)c2)no1. The number of aryl methyl sites for hydroxylation is 4. The second-order valence-electron chi connectivity index (χ2n) is 6.04. The number of aromatic nitrogens is 4. The van der Waals surface area contributed by atoms with Gasteiger partial charge in [-0.15, -0.1) is 0 Å². The summed E-state index contributed by atoms with van der Waals surface area (Å²) in [4.78, 5) is 7.53. The smallest absolute Gasteiger partial charge is 0.471 e. The van der Waals surface area contributed by atoms with Gasteiger partial charge in [0.1, 0.15) is 5.75 Å². The van der Waals surface area contributed by atoms with Gasteiger partial charge < -0.3 is 13.8 Å². The van der Waals surface area contributed by atoms with Gasteiger partial charge in [0.15, 0.2) is 5.82 Å². The number of benzene rings is 1. The van der Waals surface area contributed by atoms with Crippen LogP contribution in [0.4, 0.5) is 13.2 Å². The van der Waals surface area contributed by atoms with Crippen molar-refractivity contribution < 1.29 is 27.0 Å². The molecule has 0 unspecified atom stereocenters. The molecule has 0 atom stereocenters. The minimum absolute atomic E-state index is 0.00203. The van der Waals surface area contributed by atoms with E-state index in [4.69, 9.17) is 9.26 Å². The Labute approximate surface area is 152 Å². The highest BCUT2D eigenvalue weighted by Gasteiger charge is 2.38. The molecule has 0 aliphatic heterocycles. The van der Waals surface area contributed by atoms with Gasteiger partial charge in [-0.3, -0.25) is 0 Å². The molecule has 144 valence electrons. The van der Waals surface area contributed by atoms with Crippen molar-refractivity contribution in [2.45, 2.75) is 39.8 Å². The molecule has 7 nitrogen and oxygen atoms in total. The Morgan fingerprint density at radius 3 is 2.26 bits per heavy atom. The van der Waals surface area contributed by atoms with E-state index >= 15 is 0 Å². The molecule has 3 rings (SSSR count). The average molecular weight is 382 g/mol. The molecule has 0 saturated heterocycles. The molecular formula is C17H17F3N4O3. The zero-order chi connectivity index (χ0) is 19.6. The van der Waals surface area contributed by atoms with Crippen LogP contribution in [0.5, 0.6) is 5.75 Å². The van der Waals surface area contributed by atoms with Crippen LogP contribution in [0.1, 0.15) is 35.2 Å². The molecule has 2 heterocycles. The summed E-state index contributed by atoms with van der Waals surface area (Å²) < 4.78 is 52.2. The van der Waals surface area contributed by atoms with Crippen LogP contribution >= 0.6 is 0 Å². The first-order chi connectivity index (χ1) is 12.7. The summed E-state index contributed by atoms with van der Waals surface area (Å²) in [5.41, 5.74) is 2.61. The first-order valence-corrected chi connectivity index (χ1v) is 8.18. The Morgan fingerprint density at radius 1 is 1.00 bits per heavy atom. The van der Waals surface area contributed by atoms with E-state index in [1.165, 1.54) is 0 Å². The number of ether oxygens (including phenoxy) is 1. The summed E-state index contributed by atoms with van der Waals surface area (Å²) in [6, 6.07) is 3.78. The monoisotopic (exact) mass is 382 g/mol. The van der Waals surface area contributed by atoms with Gasteiger partial charge in [-0.2, -0.15) is 23.1 Å². The van der Waals surface area contributed by atoms with E-state index < -0.39 is 12.1 Å². The number of halogens is 3. The van der Waals surface area contributed by atoms with Crippen molar-refractivity contribution in [1.82, 2.24) is 20.3 Å². The van der Waals surface area contributed by atoms with Crippen molar-refractivity contribution in [1.29, 1.82) is 0 Å². The molecule has 27 heavy (non-hydrogen) atoms. The van der Waals surface area contributed by atoms with Crippen LogP contribution in [0.2, 0.25) is 0 Å². The maximum absolute atomic E-state index is 12.4. The molecule has 0 N–H and O–H groups in total. The number of hydrogen-bond acceptors (Lipinski definition) is 7. The van der Waals surface area contributed by atoms with Gasteiger partial charge in [-0.25, -0.2) is 0 Å². The van der Waals surface area contributed by atoms with E-state index in [1.54, 1.807) is 6.92 Å². The van der Waals surface area contributed by atoms with Gasteiger partial charge in [0.2, 0.25) is 11.7 Å². The van der Waals surface area contributed by atoms with Gasteiger partial charge in [0, 0.05) is 18.9 Å². The summed E-state index contributed by atoms with van der Waals surface area (Å²) >= 11 is 0. The molecular weight excluding hydrogens is 365 g/mol. The fourth-order valence-corrected chi connectivity index (χ4v) is 2.60. The van der Waals surface area contributed by atoms with E-state index in [-0.39, 0.29) is 12.2 Å². The van der Waals surface area contributed by atoms with E-state index in [2.05, 4.69) is 24.8 Å². The lowest BCUT2D eigenvalue weighted by molar-refractivity contribution is -0.159.